The molecule has 1 aromatic heterocycles. The molecule has 0 amide bonds. The maximum absolute atomic E-state index is 14.8. The number of hydrogen-bond donors (Lipinski definition) is 4. The largest absolute Gasteiger partial charge is 0.504 e. The summed E-state index contributed by atoms with van der Waals surface area (Å²) < 4.78 is 30.8. The molecular weight excluding hydrogens is 725 g/mol. The summed E-state index contributed by atoms with van der Waals surface area (Å²) in [5, 5.41) is 28.9. The maximum atomic E-state index is 14.8. The number of carbonyl (C=O) groups is 2. The van der Waals surface area contributed by atoms with Crippen LogP contribution in [-0.4, -0.2) is 102 Å². The molecule has 4 bridgehead atoms. The third-order valence-corrected chi connectivity index (χ3v) is 14.4. The number of rotatable bonds is 2. The number of aromatic amines is 1. The van der Waals surface area contributed by atoms with E-state index in [4.69, 9.17) is 23.7 Å². The second-order valence-electron chi connectivity index (χ2n) is 15.6. The van der Waals surface area contributed by atoms with E-state index in [2.05, 4.69) is 32.2 Å². The first-order chi connectivity index (χ1) is 26.6. The number of thioether (sulfide) groups is 1. The Balaban J connectivity index is 1.25. The SMILES string of the molecule is COc1c(C)cc2c(c1O)[C@@H]1C3[C@@H]4SC[C@]5(NCCc6c5[nH]c5ccccc65)C(=O)COC[C@H](c5c6c(c(C)c(OC(C)=O)c54)OCO6)N3[C@@H](O)[C@H](C2)N1C. The molecule has 0 aliphatic carbocycles. The number of nitrogens with one attached hydrogen (secondary N) is 2. The van der Waals surface area contributed by atoms with Gasteiger partial charge in [0.05, 0.1) is 37.1 Å². The van der Waals surface area contributed by atoms with Crippen molar-refractivity contribution in [1.82, 2.24) is 20.1 Å². The topological polar surface area (TPSA) is 155 Å². The molecule has 0 radical (unpaired) electrons. The number of likely N-dealkylation sites (N-methyl/N-ethyl adjacent to an activating group) is 1. The number of piperazine rings is 1. The lowest BCUT2D eigenvalue weighted by Gasteiger charge is -2.61. The van der Waals surface area contributed by atoms with Crippen molar-refractivity contribution in [1.29, 1.82) is 0 Å². The molecule has 7 atom stereocenters. The van der Waals surface area contributed by atoms with Gasteiger partial charge in [0.1, 0.15) is 24.1 Å². The van der Waals surface area contributed by atoms with Crippen molar-refractivity contribution >= 4 is 34.4 Å². The summed E-state index contributed by atoms with van der Waals surface area (Å²) >= 11 is 1.58. The highest BCUT2D eigenvalue weighted by Crippen LogP contribution is 2.64. The average Bonchev–Trinajstić information content (AvgIpc) is 3.80. The highest BCUT2D eigenvalue weighted by atomic mass is 32.2. The monoisotopic (exact) mass is 768 g/mol. The van der Waals surface area contributed by atoms with Gasteiger partial charge in [0, 0.05) is 64.1 Å². The zero-order chi connectivity index (χ0) is 38.1. The van der Waals surface area contributed by atoms with E-state index < -0.39 is 41.1 Å². The number of nitrogens with zero attached hydrogens (tertiary/aromatic N) is 2. The number of aliphatic hydroxyl groups is 1. The number of aliphatic hydroxyl groups excluding tert-OH is 1. The fourth-order valence-corrected chi connectivity index (χ4v) is 12.3. The van der Waals surface area contributed by atoms with E-state index in [1.54, 1.807) is 18.9 Å². The number of phenolic OH excluding ortho intramolecular Hbond substituents is 1. The predicted octanol–water partition coefficient (Wildman–Crippen LogP) is 4.22. The number of benzene rings is 3. The van der Waals surface area contributed by atoms with Gasteiger partial charge >= 0.3 is 5.97 Å². The minimum absolute atomic E-state index is 0.0213. The van der Waals surface area contributed by atoms with Crippen LogP contribution in [0.4, 0.5) is 0 Å². The number of methoxy groups -OCH3 is 1. The van der Waals surface area contributed by atoms with Crippen LogP contribution in [0.15, 0.2) is 30.3 Å². The summed E-state index contributed by atoms with van der Waals surface area (Å²) in [6.07, 6.45) is 0.257. The van der Waals surface area contributed by atoms with Gasteiger partial charge < -0.3 is 38.9 Å². The standard InChI is InChI=1S/C41H44N4O9S/c1-18-12-21-13-25-40(49)45-26-14-51-15-27(47)41(39-23(10-11-42-41)22-8-6-7-9-24(22)43-39)16-55-38(32(45)31(44(25)4)28(21)33(48)34(18)50-5)30-29(26)37-36(52-17-53-37)19(2)35(30)54-20(3)46/h6-9,12,25-26,31-32,38,40,42-43,48-49H,10-11,13-17H2,1-5H3/t25-,26+,31+,32?,38+,40-,41-/m0/s1. The molecule has 1 unspecified atom stereocenters. The van der Waals surface area contributed by atoms with Gasteiger partial charge in [0.15, 0.2) is 28.8 Å². The molecule has 8 heterocycles. The molecule has 3 aromatic carbocycles. The number of ether oxygens (including phenoxy) is 5. The van der Waals surface area contributed by atoms with E-state index in [0.29, 0.717) is 47.1 Å². The summed E-state index contributed by atoms with van der Waals surface area (Å²) in [7, 11) is 3.55. The Hall–Kier alpha value is -4.31. The molecule has 14 heteroatoms. The predicted molar refractivity (Wildman–Crippen MR) is 203 cm³/mol. The van der Waals surface area contributed by atoms with E-state index in [0.717, 1.165) is 50.8 Å². The Kier molecular flexibility index (Phi) is 8.05. The highest BCUT2D eigenvalue weighted by Gasteiger charge is 2.61. The highest BCUT2D eigenvalue weighted by molar-refractivity contribution is 7.99. The molecule has 13 nitrogen and oxygen atoms in total. The van der Waals surface area contributed by atoms with Gasteiger partial charge in [-0.1, -0.05) is 24.3 Å². The van der Waals surface area contributed by atoms with Crippen LogP contribution in [0, 0.1) is 13.8 Å². The maximum Gasteiger partial charge on any atom is 0.308 e. The molecule has 7 aliphatic rings. The lowest BCUT2D eigenvalue weighted by atomic mass is 9.73. The van der Waals surface area contributed by atoms with Gasteiger partial charge in [-0.25, -0.2) is 0 Å². The molecule has 2 saturated heterocycles. The number of ketones is 1. The van der Waals surface area contributed by atoms with Gasteiger partial charge in [-0.15, -0.1) is 11.8 Å². The first-order valence-electron chi connectivity index (χ1n) is 18.8. The number of phenols is 1. The Morgan fingerprint density at radius 1 is 1.11 bits per heavy atom. The molecule has 0 saturated carbocycles. The van der Waals surface area contributed by atoms with Crippen molar-refractivity contribution in [3.63, 3.8) is 0 Å². The van der Waals surface area contributed by atoms with Crippen LogP contribution < -0.4 is 24.3 Å². The number of fused-ring (bicyclic) bond motifs is 12. The summed E-state index contributed by atoms with van der Waals surface area (Å²) in [5.41, 5.74) is 6.31. The Morgan fingerprint density at radius 2 is 1.91 bits per heavy atom. The van der Waals surface area contributed by atoms with Crippen molar-refractivity contribution in [2.24, 2.45) is 0 Å². The molecule has 55 heavy (non-hydrogen) atoms. The number of aromatic nitrogens is 1. The fourth-order valence-electron chi connectivity index (χ4n) is 10.6. The second-order valence-corrected chi connectivity index (χ2v) is 16.7. The van der Waals surface area contributed by atoms with E-state index in [9.17, 15) is 19.8 Å². The van der Waals surface area contributed by atoms with Crippen LogP contribution in [0.3, 0.4) is 0 Å². The lowest BCUT2D eigenvalue weighted by molar-refractivity contribution is -0.181. The number of Topliss-reactive ketones (excluding diaryl/α,β-unsaturated/α-hetero) is 1. The van der Waals surface area contributed by atoms with Crippen LogP contribution in [-0.2, 0) is 32.7 Å². The van der Waals surface area contributed by atoms with Gasteiger partial charge in [0.25, 0.3) is 0 Å². The summed E-state index contributed by atoms with van der Waals surface area (Å²) in [6.45, 7) is 5.57. The summed E-state index contributed by atoms with van der Waals surface area (Å²) in [6, 6.07) is 8.22. The van der Waals surface area contributed by atoms with Crippen LogP contribution in [0.25, 0.3) is 10.9 Å². The number of H-pyrrole nitrogens is 1. The summed E-state index contributed by atoms with van der Waals surface area (Å²) in [5.74, 6) is 1.55. The summed E-state index contributed by atoms with van der Waals surface area (Å²) in [4.78, 5) is 35.7. The van der Waals surface area contributed by atoms with Gasteiger partial charge in [-0.05, 0) is 56.5 Å². The van der Waals surface area contributed by atoms with Gasteiger partial charge in [0.2, 0.25) is 6.79 Å². The normalized spacial score (nSPS) is 29.7. The zero-order valence-corrected chi connectivity index (χ0v) is 32.2. The second kappa shape index (κ2) is 12.6. The Labute approximate surface area is 322 Å². The number of hydrogen-bond acceptors (Lipinski definition) is 13. The molecule has 7 aliphatic heterocycles. The van der Waals surface area contributed by atoms with Crippen LogP contribution in [0.1, 0.15) is 68.9 Å². The first-order valence-corrected chi connectivity index (χ1v) is 19.9. The molecule has 4 N–H and O–H groups in total. The van der Waals surface area contributed by atoms with Crippen LogP contribution in [0.5, 0.6) is 28.7 Å². The van der Waals surface area contributed by atoms with Crippen molar-refractivity contribution < 1.29 is 43.5 Å². The van der Waals surface area contributed by atoms with E-state index in [-0.39, 0.29) is 43.3 Å². The molecule has 288 valence electrons. The lowest BCUT2D eigenvalue weighted by Crippen LogP contribution is -2.69. The number of esters is 1. The van der Waals surface area contributed by atoms with Gasteiger partial charge in [-0.3, -0.25) is 24.7 Å². The van der Waals surface area contributed by atoms with Crippen LogP contribution >= 0.6 is 11.8 Å². The molecule has 2 fully saturated rings. The number of aryl methyl sites for hydroxylation is 1. The minimum atomic E-state index is -1.15. The Bertz CT molecular complexity index is 2310. The molecule has 4 aromatic rings. The van der Waals surface area contributed by atoms with Crippen molar-refractivity contribution in [2.75, 3.05) is 46.5 Å². The van der Waals surface area contributed by atoms with E-state index >= 15 is 0 Å². The van der Waals surface area contributed by atoms with E-state index in [1.807, 2.05) is 39.1 Å². The van der Waals surface area contributed by atoms with Crippen LogP contribution in [0.2, 0.25) is 0 Å². The molecule has 11 rings (SSSR count). The molecule has 1 spiro atoms. The fraction of sp³-hybridized carbons (Fsp3) is 0.463. The third-order valence-electron chi connectivity index (χ3n) is 12.9. The smallest absolute Gasteiger partial charge is 0.308 e. The van der Waals surface area contributed by atoms with Gasteiger partial charge in [-0.2, -0.15) is 0 Å². The average molecular weight is 769 g/mol. The van der Waals surface area contributed by atoms with E-state index in [1.165, 1.54) is 6.92 Å². The minimum Gasteiger partial charge on any atom is -0.504 e. The number of aromatic hydroxyl groups is 1. The third kappa shape index (κ3) is 4.78. The van der Waals surface area contributed by atoms with Crippen molar-refractivity contribution in [2.45, 2.75) is 74.8 Å². The van der Waals surface area contributed by atoms with Crippen molar-refractivity contribution in [3.8, 4) is 28.7 Å². The Morgan fingerprint density at radius 3 is 2.71 bits per heavy atom. The quantitative estimate of drug-likeness (QED) is 0.170. The number of para-hydroxylation sites is 1. The first kappa shape index (κ1) is 35.1. The number of carbonyl (C=O) groups excluding carboxylic acids is 2. The van der Waals surface area contributed by atoms with Crippen molar-refractivity contribution in [3.05, 3.63) is 75.0 Å². The molecular formula is C41H44N4O9S. The zero-order valence-electron chi connectivity index (χ0n) is 31.4.